The number of hydrogen-bond acceptors (Lipinski definition) is 5. The lowest BCUT2D eigenvalue weighted by Gasteiger charge is -2.14. The number of alkyl halides is 3. The molecule has 0 aliphatic rings. The van der Waals surface area contributed by atoms with Crippen molar-refractivity contribution in [1.82, 2.24) is 0 Å². The van der Waals surface area contributed by atoms with Crippen LogP contribution >= 0.6 is 0 Å². The second-order valence-electron chi connectivity index (χ2n) is 5.25. The molecule has 0 radical (unpaired) electrons. The molecular weight excluding hydrogens is 374 g/mol. The maximum Gasteiger partial charge on any atom is 0.422 e. The van der Waals surface area contributed by atoms with Gasteiger partial charge in [-0.3, -0.25) is 14.9 Å². The van der Waals surface area contributed by atoms with E-state index in [9.17, 15) is 32.5 Å². The van der Waals surface area contributed by atoms with Crippen molar-refractivity contribution in [1.29, 1.82) is 0 Å². The summed E-state index contributed by atoms with van der Waals surface area (Å²) in [5.74, 6) is -1.60. The van der Waals surface area contributed by atoms with Gasteiger partial charge in [-0.2, -0.15) is 13.2 Å². The van der Waals surface area contributed by atoms with Gasteiger partial charge in [0.15, 0.2) is 6.61 Å². The van der Waals surface area contributed by atoms with Crippen molar-refractivity contribution in [3.8, 4) is 5.75 Å². The Morgan fingerprint density at radius 2 is 1.81 bits per heavy atom. The zero-order valence-electron chi connectivity index (χ0n) is 13.5. The summed E-state index contributed by atoms with van der Waals surface area (Å²) in [7, 11) is 0. The lowest BCUT2D eigenvalue weighted by atomic mass is 10.2. The van der Waals surface area contributed by atoms with E-state index in [1.165, 1.54) is 24.3 Å². The molecule has 144 valence electrons. The van der Waals surface area contributed by atoms with Gasteiger partial charge in [-0.1, -0.05) is 0 Å². The van der Waals surface area contributed by atoms with Crippen molar-refractivity contribution in [3.05, 3.63) is 58.4 Å². The van der Waals surface area contributed by atoms with Crippen molar-refractivity contribution < 1.29 is 32.0 Å². The number of rotatable bonds is 7. The lowest BCUT2D eigenvalue weighted by molar-refractivity contribution is -0.384. The molecule has 2 rings (SSSR count). The predicted molar refractivity (Wildman–Crippen MR) is 88.2 cm³/mol. The Hall–Kier alpha value is -3.37. The normalized spacial score (nSPS) is 11.0. The van der Waals surface area contributed by atoms with Crippen LogP contribution in [0, 0.1) is 15.9 Å². The summed E-state index contributed by atoms with van der Waals surface area (Å²) in [5, 5.41) is 15.5. The Balaban J connectivity index is 1.97. The molecule has 27 heavy (non-hydrogen) atoms. The number of nitrogens with one attached hydrogen (secondary N) is 2. The average Bonchev–Trinajstić information content (AvgIpc) is 2.58. The first kappa shape index (κ1) is 19.9. The summed E-state index contributed by atoms with van der Waals surface area (Å²) in [5.41, 5.74) is -0.00405. The lowest BCUT2D eigenvalue weighted by Crippen LogP contribution is -2.23. The van der Waals surface area contributed by atoms with Crippen LogP contribution in [0.25, 0.3) is 0 Å². The standard InChI is InChI=1S/C16H13F4N3O4/c17-10-1-6-14(27-9-16(18,19)20)13(7-10)21-8-15(24)22-11-2-4-12(5-3-11)23(25)26/h1-7,21H,8-9H2,(H,22,24). The monoisotopic (exact) mass is 387 g/mol. The van der Waals surface area contributed by atoms with E-state index in [1.807, 2.05) is 0 Å². The fourth-order valence-corrected chi connectivity index (χ4v) is 1.97. The molecule has 7 nitrogen and oxygen atoms in total. The van der Waals surface area contributed by atoms with Crippen LogP contribution in [0.4, 0.5) is 34.6 Å². The maximum absolute atomic E-state index is 13.3. The molecule has 0 heterocycles. The minimum Gasteiger partial charge on any atom is -0.482 e. The highest BCUT2D eigenvalue weighted by atomic mass is 19.4. The first-order valence-corrected chi connectivity index (χ1v) is 7.41. The van der Waals surface area contributed by atoms with Gasteiger partial charge in [-0.25, -0.2) is 4.39 Å². The zero-order valence-corrected chi connectivity index (χ0v) is 13.5. The van der Waals surface area contributed by atoms with E-state index < -0.39 is 36.0 Å². The van der Waals surface area contributed by atoms with Crippen LogP contribution < -0.4 is 15.4 Å². The molecule has 0 saturated heterocycles. The van der Waals surface area contributed by atoms with Crippen LogP contribution in [0.5, 0.6) is 5.75 Å². The van der Waals surface area contributed by atoms with Crippen LogP contribution in [-0.2, 0) is 4.79 Å². The SMILES string of the molecule is O=C(CNc1cc(F)ccc1OCC(F)(F)F)Nc1ccc([N+](=O)[O-])cc1. The second-order valence-corrected chi connectivity index (χ2v) is 5.25. The Morgan fingerprint density at radius 1 is 1.15 bits per heavy atom. The Labute approximate surface area is 150 Å². The largest absolute Gasteiger partial charge is 0.482 e. The second kappa shape index (κ2) is 8.34. The Bertz CT molecular complexity index is 825. The molecule has 0 aromatic heterocycles. The zero-order chi connectivity index (χ0) is 20.0. The molecule has 11 heteroatoms. The number of halogens is 4. The van der Waals surface area contributed by atoms with Gasteiger partial charge in [-0.15, -0.1) is 0 Å². The van der Waals surface area contributed by atoms with Crippen LogP contribution in [-0.4, -0.2) is 30.2 Å². The molecule has 2 N–H and O–H groups in total. The number of nitro benzene ring substituents is 1. The maximum atomic E-state index is 13.3. The van der Waals surface area contributed by atoms with Crippen molar-refractivity contribution in [2.75, 3.05) is 23.8 Å². The summed E-state index contributed by atoms with van der Waals surface area (Å²) in [4.78, 5) is 21.9. The molecule has 0 saturated carbocycles. The third kappa shape index (κ3) is 6.45. The van der Waals surface area contributed by atoms with E-state index >= 15 is 0 Å². The molecular formula is C16H13F4N3O4. The van der Waals surface area contributed by atoms with Crippen molar-refractivity contribution >= 4 is 23.0 Å². The summed E-state index contributed by atoms with van der Waals surface area (Å²) in [6, 6.07) is 7.85. The highest BCUT2D eigenvalue weighted by molar-refractivity contribution is 5.94. The smallest absolute Gasteiger partial charge is 0.422 e. The minimum atomic E-state index is -4.57. The van der Waals surface area contributed by atoms with Crippen molar-refractivity contribution in [3.63, 3.8) is 0 Å². The van der Waals surface area contributed by atoms with Crippen molar-refractivity contribution in [2.45, 2.75) is 6.18 Å². The number of nitrogens with zero attached hydrogens (tertiary/aromatic N) is 1. The van der Waals surface area contributed by atoms with Crippen LogP contribution in [0.15, 0.2) is 42.5 Å². The fourth-order valence-electron chi connectivity index (χ4n) is 1.97. The van der Waals surface area contributed by atoms with Gasteiger partial charge in [0, 0.05) is 23.9 Å². The van der Waals surface area contributed by atoms with E-state index in [4.69, 9.17) is 0 Å². The van der Waals surface area contributed by atoms with Gasteiger partial charge >= 0.3 is 6.18 Å². The quantitative estimate of drug-likeness (QED) is 0.429. The Kier molecular flexibility index (Phi) is 6.16. The van der Waals surface area contributed by atoms with E-state index in [1.54, 1.807) is 0 Å². The molecule has 2 aromatic carbocycles. The molecule has 0 aliphatic heterocycles. The number of non-ortho nitro benzene ring substituents is 1. The van der Waals surface area contributed by atoms with Crippen LogP contribution in [0.2, 0.25) is 0 Å². The summed E-state index contributed by atoms with van der Waals surface area (Å²) >= 11 is 0. The van der Waals surface area contributed by atoms with Gasteiger partial charge in [0.25, 0.3) is 5.69 Å². The number of benzene rings is 2. The van der Waals surface area contributed by atoms with Crippen LogP contribution in [0.1, 0.15) is 0 Å². The highest BCUT2D eigenvalue weighted by Gasteiger charge is 2.29. The van der Waals surface area contributed by atoms with Gasteiger partial charge in [0.05, 0.1) is 17.2 Å². The van der Waals surface area contributed by atoms with Gasteiger partial charge < -0.3 is 15.4 Å². The van der Waals surface area contributed by atoms with Gasteiger partial charge in [0.1, 0.15) is 11.6 Å². The third-order valence-corrected chi connectivity index (χ3v) is 3.13. The Morgan fingerprint density at radius 3 is 2.41 bits per heavy atom. The van der Waals surface area contributed by atoms with Crippen LogP contribution in [0.3, 0.4) is 0 Å². The number of carbonyl (C=O) groups is 1. The molecule has 0 spiro atoms. The molecule has 0 aliphatic carbocycles. The minimum absolute atomic E-state index is 0.127. The number of nitro groups is 1. The first-order valence-electron chi connectivity index (χ1n) is 7.41. The van der Waals surface area contributed by atoms with Crippen molar-refractivity contribution in [2.24, 2.45) is 0 Å². The molecule has 0 bridgehead atoms. The predicted octanol–water partition coefficient (Wildman–Crippen LogP) is 3.73. The molecule has 0 atom stereocenters. The van der Waals surface area contributed by atoms with E-state index in [0.717, 1.165) is 18.2 Å². The van der Waals surface area contributed by atoms with Gasteiger partial charge in [-0.05, 0) is 24.3 Å². The number of anilines is 2. The topological polar surface area (TPSA) is 93.5 Å². The number of carbonyl (C=O) groups excluding carboxylic acids is 1. The third-order valence-electron chi connectivity index (χ3n) is 3.13. The van der Waals surface area contributed by atoms with E-state index in [-0.39, 0.29) is 22.8 Å². The van der Waals surface area contributed by atoms with Gasteiger partial charge in [0.2, 0.25) is 5.91 Å². The molecule has 0 fully saturated rings. The molecule has 0 unspecified atom stereocenters. The van der Waals surface area contributed by atoms with E-state index in [2.05, 4.69) is 15.4 Å². The van der Waals surface area contributed by atoms with E-state index in [0.29, 0.717) is 0 Å². The molecule has 2 aromatic rings. The first-order chi connectivity index (χ1) is 12.6. The summed E-state index contributed by atoms with van der Waals surface area (Å²) in [6.07, 6.45) is -4.57. The summed E-state index contributed by atoms with van der Waals surface area (Å²) in [6.45, 7) is -1.97. The summed E-state index contributed by atoms with van der Waals surface area (Å²) < 4.78 is 54.7. The average molecular weight is 387 g/mol. The number of amides is 1. The number of hydrogen-bond donors (Lipinski definition) is 2. The molecule has 1 amide bonds. The fraction of sp³-hybridized carbons (Fsp3) is 0.188. The number of ether oxygens (including phenoxy) is 1. The highest BCUT2D eigenvalue weighted by Crippen LogP contribution is 2.27.